The molecule has 0 aliphatic heterocycles. The largest absolute Gasteiger partial charge is 0.367 e. The molecule has 0 aliphatic rings. The number of hydrogen-bond acceptors (Lipinski definition) is 2. The zero-order chi connectivity index (χ0) is 6.95. The number of unbranched alkanes of at least 4 members (excludes halogenated alkanes) is 1. The highest BCUT2D eigenvalue weighted by Crippen LogP contribution is 1.81. The quantitative estimate of drug-likeness (QED) is 0.434. The molecule has 0 aromatic carbocycles. The minimum absolute atomic E-state index is 0.705. The van der Waals surface area contributed by atoms with Crippen molar-refractivity contribution in [2.24, 2.45) is 0 Å². The third-order valence-electron chi connectivity index (χ3n) is 1.12. The minimum atomic E-state index is 0.705. The molecule has 0 fully saturated rings. The van der Waals surface area contributed by atoms with E-state index in [2.05, 4.69) is 12.2 Å². The molecule has 0 heterocycles. The topological polar surface area (TPSA) is 21.3 Å². The zero-order valence-corrected chi connectivity index (χ0v) is 6.44. The summed E-state index contributed by atoms with van der Waals surface area (Å²) < 4.78 is 5.07. The van der Waals surface area contributed by atoms with Gasteiger partial charge in [0.15, 0.2) is 0 Å². The Morgan fingerprint density at radius 2 is 2.11 bits per heavy atom. The molecule has 56 valence electrons. The molecule has 0 atom stereocenters. The summed E-state index contributed by atoms with van der Waals surface area (Å²) in [4.78, 5) is 0. The van der Waals surface area contributed by atoms with Gasteiger partial charge in [0.1, 0.15) is 0 Å². The summed E-state index contributed by atoms with van der Waals surface area (Å²) in [5.74, 6) is 0. The molecule has 0 rings (SSSR count). The minimum Gasteiger partial charge on any atom is -0.367 e. The van der Waals surface area contributed by atoms with E-state index in [-0.39, 0.29) is 0 Å². The van der Waals surface area contributed by atoms with Crippen molar-refractivity contribution in [2.45, 2.75) is 26.7 Å². The van der Waals surface area contributed by atoms with Crippen molar-refractivity contribution in [3.63, 3.8) is 0 Å². The van der Waals surface area contributed by atoms with Crippen LogP contribution in [0, 0.1) is 0 Å². The first-order valence-electron chi connectivity index (χ1n) is 3.70. The molecule has 0 saturated heterocycles. The van der Waals surface area contributed by atoms with Crippen molar-refractivity contribution in [3.8, 4) is 0 Å². The van der Waals surface area contributed by atoms with Gasteiger partial charge in [-0.3, -0.25) is 5.32 Å². The van der Waals surface area contributed by atoms with Crippen LogP contribution in [0.1, 0.15) is 26.7 Å². The van der Waals surface area contributed by atoms with Crippen molar-refractivity contribution in [1.29, 1.82) is 0 Å². The maximum absolute atomic E-state index is 5.07. The Morgan fingerprint density at radius 1 is 1.33 bits per heavy atom. The maximum atomic E-state index is 5.07. The second-order valence-corrected chi connectivity index (χ2v) is 1.99. The van der Waals surface area contributed by atoms with Crippen LogP contribution in [-0.4, -0.2) is 19.9 Å². The second kappa shape index (κ2) is 7.92. The summed E-state index contributed by atoms with van der Waals surface area (Å²) in [5, 5.41) is 3.16. The lowest BCUT2D eigenvalue weighted by Gasteiger charge is -2.01. The first kappa shape index (κ1) is 8.92. The lowest BCUT2D eigenvalue weighted by atomic mass is 10.3. The lowest BCUT2D eigenvalue weighted by molar-refractivity contribution is 0.129. The second-order valence-electron chi connectivity index (χ2n) is 1.99. The van der Waals surface area contributed by atoms with E-state index < -0.39 is 0 Å². The fourth-order valence-corrected chi connectivity index (χ4v) is 0.548. The van der Waals surface area contributed by atoms with E-state index in [1.165, 1.54) is 12.8 Å². The monoisotopic (exact) mass is 131 g/mol. The van der Waals surface area contributed by atoms with E-state index in [9.17, 15) is 0 Å². The van der Waals surface area contributed by atoms with Crippen LogP contribution in [0.3, 0.4) is 0 Å². The Morgan fingerprint density at radius 3 is 2.67 bits per heavy atom. The van der Waals surface area contributed by atoms with Crippen LogP contribution in [0.2, 0.25) is 0 Å². The first-order chi connectivity index (χ1) is 4.41. The molecular weight excluding hydrogens is 114 g/mol. The highest BCUT2D eigenvalue weighted by atomic mass is 16.5. The molecule has 0 amide bonds. The fraction of sp³-hybridized carbons (Fsp3) is 1.00. The first-order valence-corrected chi connectivity index (χ1v) is 3.70. The van der Waals surface area contributed by atoms with Crippen LogP contribution in [0.25, 0.3) is 0 Å². The van der Waals surface area contributed by atoms with Crippen molar-refractivity contribution >= 4 is 0 Å². The van der Waals surface area contributed by atoms with E-state index in [1.807, 2.05) is 6.92 Å². The van der Waals surface area contributed by atoms with Gasteiger partial charge in [0, 0.05) is 6.61 Å². The van der Waals surface area contributed by atoms with Crippen molar-refractivity contribution < 1.29 is 4.74 Å². The fourth-order valence-electron chi connectivity index (χ4n) is 0.548. The summed E-state index contributed by atoms with van der Waals surface area (Å²) in [6.45, 7) is 6.77. The van der Waals surface area contributed by atoms with Gasteiger partial charge in [-0.2, -0.15) is 0 Å². The van der Waals surface area contributed by atoms with Gasteiger partial charge in [-0.25, -0.2) is 0 Å². The molecule has 0 aromatic rings. The van der Waals surface area contributed by atoms with Gasteiger partial charge in [-0.05, 0) is 19.9 Å². The third kappa shape index (κ3) is 7.92. The molecule has 0 aromatic heterocycles. The van der Waals surface area contributed by atoms with Crippen LogP contribution in [0.4, 0.5) is 0 Å². The standard InChI is InChI=1S/C7H17NO/c1-3-5-6-8-7-9-4-2/h8H,3-7H2,1-2H3. The molecule has 0 bridgehead atoms. The molecule has 2 heteroatoms. The van der Waals surface area contributed by atoms with E-state index in [4.69, 9.17) is 4.74 Å². The average Bonchev–Trinajstić information content (AvgIpc) is 1.89. The van der Waals surface area contributed by atoms with E-state index in [1.54, 1.807) is 0 Å². The molecule has 9 heavy (non-hydrogen) atoms. The predicted molar refractivity (Wildman–Crippen MR) is 39.4 cm³/mol. The molecule has 0 aliphatic carbocycles. The maximum Gasteiger partial charge on any atom is 0.0965 e. The highest BCUT2D eigenvalue weighted by Gasteiger charge is 1.82. The van der Waals surface area contributed by atoms with Gasteiger partial charge in [-0.1, -0.05) is 13.3 Å². The Balaban J connectivity index is 2.60. The molecular formula is C7H17NO. The summed E-state index contributed by atoms with van der Waals surface area (Å²) in [5.41, 5.74) is 0. The Kier molecular flexibility index (Phi) is 7.85. The van der Waals surface area contributed by atoms with Gasteiger partial charge in [-0.15, -0.1) is 0 Å². The van der Waals surface area contributed by atoms with Gasteiger partial charge in [0.25, 0.3) is 0 Å². The van der Waals surface area contributed by atoms with Gasteiger partial charge in [0.2, 0.25) is 0 Å². The summed E-state index contributed by atoms with van der Waals surface area (Å²) in [6, 6.07) is 0. The van der Waals surface area contributed by atoms with Gasteiger partial charge < -0.3 is 4.74 Å². The molecule has 1 N–H and O–H groups in total. The van der Waals surface area contributed by atoms with Crippen LogP contribution in [0.5, 0.6) is 0 Å². The third-order valence-corrected chi connectivity index (χ3v) is 1.12. The van der Waals surface area contributed by atoms with Crippen LogP contribution < -0.4 is 5.32 Å². The smallest absolute Gasteiger partial charge is 0.0965 e. The number of nitrogens with one attached hydrogen (secondary N) is 1. The van der Waals surface area contributed by atoms with Gasteiger partial charge >= 0.3 is 0 Å². The Hall–Kier alpha value is -0.0800. The summed E-state index contributed by atoms with van der Waals surface area (Å²) >= 11 is 0. The summed E-state index contributed by atoms with van der Waals surface area (Å²) in [7, 11) is 0. The number of hydrogen-bond donors (Lipinski definition) is 1. The molecule has 0 saturated carbocycles. The number of ether oxygens (including phenoxy) is 1. The lowest BCUT2D eigenvalue weighted by Crippen LogP contribution is -2.18. The van der Waals surface area contributed by atoms with Crippen molar-refractivity contribution in [3.05, 3.63) is 0 Å². The van der Waals surface area contributed by atoms with Crippen molar-refractivity contribution in [1.82, 2.24) is 5.32 Å². The molecule has 2 nitrogen and oxygen atoms in total. The molecule has 0 spiro atoms. The predicted octanol–water partition coefficient (Wildman–Crippen LogP) is 1.37. The SMILES string of the molecule is CCCCNCOCC. The van der Waals surface area contributed by atoms with E-state index in [0.717, 1.165) is 13.2 Å². The van der Waals surface area contributed by atoms with Crippen LogP contribution in [-0.2, 0) is 4.74 Å². The summed E-state index contributed by atoms with van der Waals surface area (Å²) in [6.07, 6.45) is 2.49. The molecule has 0 radical (unpaired) electrons. The normalized spacial score (nSPS) is 10.0. The Labute approximate surface area is 57.6 Å². The van der Waals surface area contributed by atoms with Crippen molar-refractivity contribution in [2.75, 3.05) is 19.9 Å². The van der Waals surface area contributed by atoms with Crippen LogP contribution >= 0.6 is 0 Å². The Bertz CT molecular complexity index is 42.2. The number of rotatable bonds is 6. The van der Waals surface area contributed by atoms with E-state index in [0.29, 0.717) is 6.73 Å². The average molecular weight is 131 g/mol. The van der Waals surface area contributed by atoms with Crippen LogP contribution in [0.15, 0.2) is 0 Å². The molecule has 0 unspecified atom stereocenters. The van der Waals surface area contributed by atoms with E-state index >= 15 is 0 Å². The zero-order valence-electron chi connectivity index (χ0n) is 6.44. The highest BCUT2D eigenvalue weighted by molar-refractivity contribution is 4.38. The van der Waals surface area contributed by atoms with Gasteiger partial charge in [0.05, 0.1) is 6.73 Å².